The predicted molar refractivity (Wildman–Crippen MR) is 82.8 cm³/mol. The lowest BCUT2D eigenvalue weighted by atomic mass is 10.1. The van der Waals surface area contributed by atoms with Crippen LogP contribution in [0, 0.1) is 10.1 Å². The van der Waals surface area contributed by atoms with E-state index in [1.54, 1.807) is 12.1 Å². The molecule has 0 aliphatic rings. The van der Waals surface area contributed by atoms with Gasteiger partial charge in [0.15, 0.2) is 11.2 Å². The number of nitro groups is 1. The van der Waals surface area contributed by atoms with Gasteiger partial charge in [-0.1, -0.05) is 6.07 Å². The molecule has 0 fully saturated rings. The first kappa shape index (κ1) is 14.6. The van der Waals surface area contributed by atoms with Crippen molar-refractivity contribution in [3.63, 3.8) is 0 Å². The minimum absolute atomic E-state index is 0.0613. The zero-order valence-corrected chi connectivity index (χ0v) is 12.0. The Bertz CT molecular complexity index is 976. The molecular formula is C16H11NO6. The highest BCUT2D eigenvalue weighted by atomic mass is 16.6. The molecule has 7 nitrogen and oxygen atoms in total. The van der Waals surface area contributed by atoms with Gasteiger partial charge >= 0.3 is 5.69 Å². The maximum atomic E-state index is 12.2. The molecule has 0 saturated heterocycles. The summed E-state index contributed by atoms with van der Waals surface area (Å²) in [4.78, 5) is 22.5. The Morgan fingerprint density at radius 1 is 1.22 bits per heavy atom. The Kier molecular flexibility index (Phi) is 3.46. The third-order valence-corrected chi connectivity index (χ3v) is 3.39. The summed E-state index contributed by atoms with van der Waals surface area (Å²) in [6.07, 6.45) is 0. The van der Waals surface area contributed by atoms with E-state index in [0.29, 0.717) is 5.56 Å². The highest BCUT2D eigenvalue weighted by molar-refractivity contribution is 5.84. The van der Waals surface area contributed by atoms with Gasteiger partial charge in [-0.25, -0.2) is 0 Å². The SMILES string of the molecule is COc1cc(-c2cc(=O)c3c(O)cccc3o2)ccc1[N+](=O)[O-]. The van der Waals surface area contributed by atoms with Crippen molar-refractivity contribution in [3.8, 4) is 22.8 Å². The molecule has 0 aliphatic heterocycles. The molecule has 2 aromatic carbocycles. The number of ether oxygens (including phenoxy) is 1. The van der Waals surface area contributed by atoms with E-state index < -0.39 is 10.4 Å². The van der Waals surface area contributed by atoms with E-state index in [0.717, 1.165) is 0 Å². The van der Waals surface area contributed by atoms with Crippen LogP contribution in [0.3, 0.4) is 0 Å². The van der Waals surface area contributed by atoms with Crippen LogP contribution in [0.25, 0.3) is 22.3 Å². The van der Waals surface area contributed by atoms with E-state index in [2.05, 4.69) is 0 Å². The Morgan fingerprint density at radius 3 is 2.70 bits per heavy atom. The van der Waals surface area contributed by atoms with E-state index >= 15 is 0 Å². The lowest BCUT2D eigenvalue weighted by molar-refractivity contribution is -0.385. The molecule has 0 aliphatic carbocycles. The molecule has 0 spiro atoms. The van der Waals surface area contributed by atoms with Gasteiger partial charge in [-0.15, -0.1) is 0 Å². The Hall–Kier alpha value is -3.35. The van der Waals surface area contributed by atoms with Crippen molar-refractivity contribution < 1.29 is 19.2 Å². The second-order valence-corrected chi connectivity index (χ2v) is 4.77. The number of benzene rings is 2. The van der Waals surface area contributed by atoms with Crippen LogP contribution in [0.1, 0.15) is 0 Å². The fourth-order valence-corrected chi connectivity index (χ4v) is 2.32. The quantitative estimate of drug-likeness (QED) is 0.588. The van der Waals surface area contributed by atoms with Gasteiger partial charge in [0.2, 0.25) is 0 Å². The second-order valence-electron chi connectivity index (χ2n) is 4.77. The number of fused-ring (bicyclic) bond motifs is 1. The van der Waals surface area contributed by atoms with Crippen molar-refractivity contribution in [1.82, 2.24) is 0 Å². The minimum Gasteiger partial charge on any atom is -0.507 e. The van der Waals surface area contributed by atoms with Crippen LogP contribution in [0.15, 0.2) is 51.7 Å². The molecule has 0 saturated carbocycles. The fraction of sp³-hybridized carbons (Fsp3) is 0.0625. The Morgan fingerprint density at radius 2 is 2.00 bits per heavy atom. The summed E-state index contributed by atoms with van der Waals surface area (Å²) in [7, 11) is 1.32. The first-order valence-corrected chi connectivity index (χ1v) is 6.60. The largest absolute Gasteiger partial charge is 0.507 e. The number of methoxy groups -OCH3 is 1. The van der Waals surface area contributed by atoms with Crippen LogP contribution >= 0.6 is 0 Å². The molecule has 23 heavy (non-hydrogen) atoms. The van der Waals surface area contributed by atoms with Gasteiger partial charge in [-0.3, -0.25) is 14.9 Å². The third-order valence-electron chi connectivity index (χ3n) is 3.39. The summed E-state index contributed by atoms with van der Waals surface area (Å²) in [6.45, 7) is 0. The molecular weight excluding hydrogens is 302 g/mol. The number of rotatable bonds is 3. The molecule has 7 heteroatoms. The number of phenolic OH excluding ortho intramolecular Hbond substituents is 1. The van der Waals surface area contributed by atoms with E-state index in [9.17, 15) is 20.0 Å². The average Bonchev–Trinajstić information content (AvgIpc) is 2.53. The maximum absolute atomic E-state index is 12.2. The summed E-state index contributed by atoms with van der Waals surface area (Å²) in [5.41, 5.74) is 0.0910. The highest BCUT2D eigenvalue weighted by Crippen LogP contribution is 2.33. The van der Waals surface area contributed by atoms with Crippen molar-refractivity contribution in [2.45, 2.75) is 0 Å². The van der Waals surface area contributed by atoms with Gasteiger partial charge in [0.1, 0.15) is 22.5 Å². The number of nitrogens with zero attached hydrogens (tertiary/aromatic N) is 1. The summed E-state index contributed by atoms with van der Waals surface area (Å²) in [6, 6.07) is 9.90. The zero-order valence-electron chi connectivity index (χ0n) is 12.0. The van der Waals surface area contributed by atoms with Crippen LogP contribution in [-0.4, -0.2) is 17.1 Å². The van der Waals surface area contributed by atoms with Gasteiger partial charge in [-0.05, 0) is 24.3 Å². The van der Waals surface area contributed by atoms with Gasteiger partial charge in [0.05, 0.1) is 12.0 Å². The van der Waals surface area contributed by atoms with E-state index in [4.69, 9.17) is 9.15 Å². The highest BCUT2D eigenvalue weighted by Gasteiger charge is 2.17. The predicted octanol–water partition coefficient (Wildman–Crippen LogP) is 3.08. The van der Waals surface area contributed by atoms with Crippen LogP contribution in [0.5, 0.6) is 11.5 Å². The summed E-state index contributed by atoms with van der Waals surface area (Å²) >= 11 is 0. The zero-order chi connectivity index (χ0) is 16.6. The smallest absolute Gasteiger partial charge is 0.310 e. The minimum atomic E-state index is -0.558. The van der Waals surface area contributed by atoms with Crippen molar-refractivity contribution in [2.75, 3.05) is 7.11 Å². The summed E-state index contributed by atoms with van der Waals surface area (Å²) in [5.74, 6) is 0.122. The van der Waals surface area contributed by atoms with Crippen LogP contribution < -0.4 is 10.2 Å². The number of aromatic hydroxyl groups is 1. The number of nitro benzene ring substituents is 1. The summed E-state index contributed by atoms with van der Waals surface area (Å²) in [5, 5.41) is 20.7. The standard InChI is InChI=1S/C16H11NO6/c1-22-15-7-9(5-6-10(15)17(20)21)14-8-12(19)16-11(18)3-2-4-13(16)23-14/h2-8,18H,1H3. The third kappa shape index (κ3) is 2.48. The van der Waals surface area contributed by atoms with Crippen LogP contribution in [0.4, 0.5) is 5.69 Å². The van der Waals surface area contributed by atoms with Crippen molar-refractivity contribution in [1.29, 1.82) is 0 Å². The molecule has 0 bridgehead atoms. The normalized spacial score (nSPS) is 10.7. The van der Waals surface area contributed by atoms with E-state index in [1.165, 1.54) is 37.4 Å². The molecule has 116 valence electrons. The van der Waals surface area contributed by atoms with Crippen LogP contribution in [-0.2, 0) is 0 Å². The number of phenols is 1. The molecule has 1 N–H and O–H groups in total. The fourth-order valence-electron chi connectivity index (χ4n) is 2.32. The molecule has 1 heterocycles. The van der Waals surface area contributed by atoms with Gasteiger partial charge in [0, 0.05) is 17.7 Å². The van der Waals surface area contributed by atoms with E-state index in [-0.39, 0.29) is 33.9 Å². The topological polar surface area (TPSA) is 103 Å². The molecule has 1 aromatic heterocycles. The van der Waals surface area contributed by atoms with Gasteiger partial charge in [0.25, 0.3) is 0 Å². The lowest BCUT2D eigenvalue weighted by Crippen LogP contribution is -2.01. The molecule has 3 rings (SSSR count). The van der Waals surface area contributed by atoms with Crippen molar-refractivity contribution in [3.05, 3.63) is 62.8 Å². The van der Waals surface area contributed by atoms with Crippen LogP contribution in [0.2, 0.25) is 0 Å². The lowest BCUT2D eigenvalue weighted by Gasteiger charge is -2.06. The molecule has 0 amide bonds. The Labute approximate surface area is 129 Å². The number of hydrogen-bond donors (Lipinski definition) is 1. The van der Waals surface area contributed by atoms with Gasteiger partial charge in [-0.2, -0.15) is 0 Å². The monoisotopic (exact) mass is 313 g/mol. The second kappa shape index (κ2) is 5.45. The maximum Gasteiger partial charge on any atom is 0.310 e. The molecule has 0 radical (unpaired) electrons. The van der Waals surface area contributed by atoms with Crippen molar-refractivity contribution >= 4 is 16.7 Å². The first-order valence-electron chi connectivity index (χ1n) is 6.60. The van der Waals surface area contributed by atoms with Gasteiger partial charge < -0.3 is 14.3 Å². The van der Waals surface area contributed by atoms with Crippen molar-refractivity contribution in [2.24, 2.45) is 0 Å². The average molecular weight is 313 g/mol. The molecule has 0 atom stereocenters. The van der Waals surface area contributed by atoms with E-state index in [1.807, 2.05) is 0 Å². The molecule has 0 unspecified atom stereocenters. The Balaban J connectivity index is 2.21. The number of hydrogen-bond acceptors (Lipinski definition) is 6. The molecule has 3 aromatic rings. The summed E-state index contributed by atoms with van der Waals surface area (Å²) < 4.78 is 10.6. The first-order chi connectivity index (χ1) is 11.0.